The number of ketones is 1. The fourth-order valence-electron chi connectivity index (χ4n) is 1.97. The Morgan fingerprint density at radius 3 is 2.46 bits per heavy atom. The average molecular weight is 349 g/mol. The summed E-state index contributed by atoms with van der Waals surface area (Å²) in [5, 5.41) is 0.625. The number of hydrogen-bond acceptors (Lipinski definition) is 5. The standard InChI is InChI=1S/C18H17ClO5/c1-11-8-14(5-6-15(11)19)23-10-18(21)24-16-7-4-13(12(2)20)9-17(16)22-3/h4-9H,10H2,1-3H3. The number of benzene rings is 2. The van der Waals surface area contributed by atoms with Crippen molar-refractivity contribution in [2.45, 2.75) is 13.8 Å². The molecule has 0 aliphatic carbocycles. The van der Waals surface area contributed by atoms with Crippen LogP contribution < -0.4 is 14.2 Å². The largest absolute Gasteiger partial charge is 0.493 e. The second kappa shape index (κ2) is 7.84. The van der Waals surface area contributed by atoms with Gasteiger partial charge in [-0.05, 0) is 55.8 Å². The quantitative estimate of drug-likeness (QED) is 0.451. The Kier molecular flexibility index (Phi) is 5.82. The molecule has 0 saturated heterocycles. The highest BCUT2D eigenvalue weighted by molar-refractivity contribution is 6.31. The van der Waals surface area contributed by atoms with E-state index in [1.807, 2.05) is 6.92 Å². The number of Topliss-reactive ketones (excluding diaryl/α,β-unsaturated/α-hetero) is 1. The van der Waals surface area contributed by atoms with Crippen LogP contribution in [0.25, 0.3) is 0 Å². The predicted molar refractivity (Wildman–Crippen MR) is 90.3 cm³/mol. The van der Waals surface area contributed by atoms with Crippen LogP contribution in [0, 0.1) is 6.92 Å². The van der Waals surface area contributed by atoms with Crippen LogP contribution in [-0.2, 0) is 4.79 Å². The minimum atomic E-state index is -0.587. The highest BCUT2D eigenvalue weighted by Crippen LogP contribution is 2.28. The summed E-state index contributed by atoms with van der Waals surface area (Å²) in [5.74, 6) is 0.360. The highest BCUT2D eigenvalue weighted by atomic mass is 35.5. The van der Waals surface area contributed by atoms with Crippen LogP contribution in [-0.4, -0.2) is 25.5 Å². The van der Waals surface area contributed by atoms with Crippen molar-refractivity contribution in [3.8, 4) is 17.2 Å². The van der Waals surface area contributed by atoms with Crippen LogP contribution in [0.15, 0.2) is 36.4 Å². The van der Waals surface area contributed by atoms with Gasteiger partial charge in [0, 0.05) is 10.6 Å². The SMILES string of the molecule is COc1cc(C(C)=O)ccc1OC(=O)COc1ccc(Cl)c(C)c1. The number of carbonyl (C=O) groups excluding carboxylic acids is 2. The van der Waals surface area contributed by atoms with Gasteiger partial charge in [-0.25, -0.2) is 4.79 Å². The third-order valence-electron chi connectivity index (χ3n) is 3.28. The third-order valence-corrected chi connectivity index (χ3v) is 3.70. The van der Waals surface area contributed by atoms with E-state index in [1.165, 1.54) is 26.2 Å². The van der Waals surface area contributed by atoms with Crippen LogP contribution >= 0.6 is 11.6 Å². The zero-order valence-electron chi connectivity index (χ0n) is 13.6. The van der Waals surface area contributed by atoms with Gasteiger partial charge in [0.1, 0.15) is 5.75 Å². The molecule has 0 aromatic heterocycles. The lowest BCUT2D eigenvalue weighted by Crippen LogP contribution is -2.18. The maximum Gasteiger partial charge on any atom is 0.349 e. The summed E-state index contributed by atoms with van der Waals surface area (Å²) < 4.78 is 15.7. The molecular formula is C18H17ClO5. The van der Waals surface area contributed by atoms with E-state index in [-0.39, 0.29) is 18.1 Å². The fraction of sp³-hybridized carbons (Fsp3) is 0.222. The maximum absolute atomic E-state index is 11.9. The number of methoxy groups -OCH3 is 1. The zero-order chi connectivity index (χ0) is 17.7. The van der Waals surface area contributed by atoms with Gasteiger partial charge in [-0.15, -0.1) is 0 Å². The minimum absolute atomic E-state index is 0.104. The molecule has 0 radical (unpaired) electrons. The number of rotatable bonds is 6. The lowest BCUT2D eigenvalue weighted by atomic mass is 10.1. The molecule has 5 nitrogen and oxygen atoms in total. The Bertz CT molecular complexity index is 770. The summed E-state index contributed by atoms with van der Waals surface area (Å²) in [6.45, 7) is 3.02. The van der Waals surface area contributed by atoms with Gasteiger partial charge in [0.15, 0.2) is 23.9 Å². The van der Waals surface area contributed by atoms with Gasteiger partial charge in [0.2, 0.25) is 0 Å². The molecule has 0 bridgehead atoms. The van der Waals surface area contributed by atoms with Crippen LogP contribution in [0.5, 0.6) is 17.2 Å². The zero-order valence-corrected chi connectivity index (χ0v) is 14.3. The van der Waals surface area contributed by atoms with Crippen LogP contribution in [0.3, 0.4) is 0 Å². The van der Waals surface area contributed by atoms with Crippen LogP contribution in [0.4, 0.5) is 0 Å². The molecule has 0 atom stereocenters. The summed E-state index contributed by atoms with van der Waals surface area (Å²) in [6, 6.07) is 9.70. The molecule has 0 aliphatic heterocycles. The van der Waals surface area contributed by atoms with Crippen molar-refractivity contribution in [1.82, 2.24) is 0 Å². The third kappa shape index (κ3) is 4.49. The van der Waals surface area contributed by atoms with E-state index < -0.39 is 5.97 Å². The van der Waals surface area contributed by atoms with E-state index in [0.29, 0.717) is 22.1 Å². The van der Waals surface area contributed by atoms with Gasteiger partial charge in [-0.3, -0.25) is 4.79 Å². The lowest BCUT2D eigenvalue weighted by Gasteiger charge is -2.11. The molecule has 0 saturated carbocycles. The highest BCUT2D eigenvalue weighted by Gasteiger charge is 2.13. The van der Waals surface area contributed by atoms with Crippen molar-refractivity contribution in [2.24, 2.45) is 0 Å². The topological polar surface area (TPSA) is 61.8 Å². The first-order valence-electron chi connectivity index (χ1n) is 7.19. The molecule has 0 fully saturated rings. The van der Waals surface area contributed by atoms with Crippen LogP contribution in [0.1, 0.15) is 22.8 Å². The number of carbonyl (C=O) groups is 2. The molecule has 0 spiro atoms. The molecule has 2 rings (SSSR count). The van der Waals surface area contributed by atoms with Crippen molar-refractivity contribution in [2.75, 3.05) is 13.7 Å². The van der Waals surface area contributed by atoms with Gasteiger partial charge in [-0.1, -0.05) is 11.6 Å². The molecule has 2 aromatic carbocycles. The summed E-state index contributed by atoms with van der Waals surface area (Å²) >= 11 is 5.93. The number of halogens is 1. The number of hydrogen-bond donors (Lipinski definition) is 0. The molecule has 0 aliphatic rings. The van der Waals surface area contributed by atoms with Gasteiger partial charge in [0.05, 0.1) is 7.11 Å². The first-order valence-corrected chi connectivity index (χ1v) is 7.57. The average Bonchev–Trinajstić information content (AvgIpc) is 2.56. The van der Waals surface area contributed by atoms with Gasteiger partial charge in [0.25, 0.3) is 0 Å². The van der Waals surface area contributed by atoms with E-state index in [2.05, 4.69) is 0 Å². The van der Waals surface area contributed by atoms with Gasteiger partial charge >= 0.3 is 5.97 Å². The molecule has 0 unspecified atom stereocenters. The molecule has 2 aromatic rings. The first kappa shape index (κ1) is 17.8. The van der Waals surface area contributed by atoms with Crippen molar-refractivity contribution in [3.05, 3.63) is 52.5 Å². The van der Waals surface area contributed by atoms with Crippen molar-refractivity contribution in [1.29, 1.82) is 0 Å². The van der Waals surface area contributed by atoms with Crippen LogP contribution in [0.2, 0.25) is 5.02 Å². The summed E-state index contributed by atoms with van der Waals surface area (Å²) in [6.07, 6.45) is 0. The minimum Gasteiger partial charge on any atom is -0.493 e. The smallest absolute Gasteiger partial charge is 0.349 e. The van der Waals surface area contributed by atoms with E-state index in [0.717, 1.165) is 5.56 Å². The van der Waals surface area contributed by atoms with E-state index >= 15 is 0 Å². The Labute approximate surface area is 145 Å². The summed E-state index contributed by atoms with van der Waals surface area (Å²) in [4.78, 5) is 23.3. The molecule has 0 heterocycles. The van der Waals surface area contributed by atoms with Gasteiger partial charge in [-0.2, -0.15) is 0 Å². The number of aryl methyl sites for hydroxylation is 1. The molecule has 24 heavy (non-hydrogen) atoms. The van der Waals surface area contributed by atoms with Crippen molar-refractivity contribution in [3.63, 3.8) is 0 Å². The fourth-order valence-corrected chi connectivity index (χ4v) is 2.09. The molecule has 0 N–H and O–H groups in total. The lowest BCUT2D eigenvalue weighted by molar-refractivity contribution is -0.136. The summed E-state index contributed by atoms with van der Waals surface area (Å²) in [5.41, 5.74) is 1.32. The predicted octanol–water partition coefficient (Wildman–Crippen LogP) is 3.84. The molecular weight excluding hydrogens is 332 g/mol. The second-order valence-corrected chi connectivity index (χ2v) is 5.50. The Morgan fingerprint density at radius 2 is 1.83 bits per heavy atom. The number of ether oxygens (including phenoxy) is 3. The Hall–Kier alpha value is -2.53. The van der Waals surface area contributed by atoms with E-state index in [4.69, 9.17) is 25.8 Å². The second-order valence-electron chi connectivity index (χ2n) is 5.10. The van der Waals surface area contributed by atoms with E-state index in [9.17, 15) is 9.59 Å². The van der Waals surface area contributed by atoms with Crippen molar-refractivity contribution >= 4 is 23.4 Å². The monoisotopic (exact) mass is 348 g/mol. The molecule has 6 heteroatoms. The Balaban J connectivity index is 2.01. The van der Waals surface area contributed by atoms with Gasteiger partial charge < -0.3 is 14.2 Å². The number of esters is 1. The molecule has 0 amide bonds. The summed E-state index contributed by atoms with van der Waals surface area (Å²) in [7, 11) is 1.43. The Morgan fingerprint density at radius 1 is 1.08 bits per heavy atom. The molecule has 126 valence electrons. The maximum atomic E-state index is 11.9. The van der Waals surface area contributed by atoms with E-state index in [1.54, 1.807) is 24.3 Å². The van der Waals surface area contributed by atoms with Crippen molar-refractivity contribution < 1.29 is 23.8 Å². The first-order chi connectivity index (χ1) is 11.4. The normalized spacial score (nSPS) is 10.2.